The van der Waals surface area contributed by atoms with Gasteiger partial charge in [0, 0.05) is 25.0 Å². The summed E-state index contributed by atoms with van der Waals surface area (Å²) in [4.78, 5) is 12.2. The van der Waals surface area contributed by atoms with Crippen LogP contribution in [0.15, 0.2) is 12.1 Å². The number of rotatable bonds is 2. The van der Waals surface area contributed by atoms with Gasteiger partial charge in [-0.25, -0.2) is 0 Å². The van der Waals surface area contributed by atoms with Crippen LogP contribution in [0.5, 0.6) is 5.75 Å². The van der Waals surface area contributed by atoms with Crippen LogP contribution in [-0.4, -0.2) is 32.1 Å². The van der Waals surface area contributed by atoms with E-state index in [0.29, 0.717) is 11.7 Å². The Balaban J connectivity index is 2.18. The van der Waals surface area contributed by atoms with Crippen LogP contribution in [0.4, 0.5) is 0 Å². The van der Waals surface area contributed by atoms with Gasteiger partial charge in [-0.05, 0) is 23.6 Å². The fourth-order valence-electron chi connectivity index (χ4n) is 2.99. The highest BCUT2D eigenvalue weighted by molar-refractivity contribution is 6.00. The smallest absolute Gasteiger partial charge is 0.255 e. The summed E-state index contributed by atoms with van der Waals surface area (Å²) in [5.41, 5.74) is 3.09. The summed E-state index contributed by atoms with van der Waals surface area (Å²) < 4.78 is 5.39. The number of ether oxygens (including phenoxy) is 1. The van der Waals surface area contributed by atoms with Crippen molar-refractivity contribution in [2.24, 2.45) is 0 Å². The average Bonchev–Trinajstić information content (AvgIpc) is 2.85. The number of nitrogens with one attached hydrogen (secondary N) is 2. The second-order valence-electron chi connectivity index (χ2n) is 4.96. The minimum atomic E-state index is -0.00514. The quantitative estimate of drug-likeness (QED) is 0.820. The van der Waals surface area contributed by atoms with Crippen molar-refractivity contribution in [1.82, 2.24) is 10.6 Å². The monoisotopic (exact) mass is 246 g/mol. The van der Waals surface area contributed by atoms with Gasteiger partial charge in [0.1, 0.15) is 5.75 Å². The Morgan fingerprint density at radius 2 is 2.22 bits per heavy atom. The van der Waals surface area contributed by atoms with Crippen LogP contribution >= 0.6 is 0 Å². The summed E-state index contributed by atoms with van der Waals surface area (Å²) in [6, 6.07) is 4.37. The molecule has 4 nitrogen and oxygen atoms in total. The van der Waals surface area contributed by atoms with E-state index >= 15 is 0 Å². The molecule has 0 aliphatic carbocycles. The summed E-state index contributed by atoms with van der Waals surface area (Å²) in [5.74, 6) is 1.07. The highest BCUT2D eigenvalue weighted by atomic mass is 16.5. The molecule has 0 bridgehead atoms. The molecule has 0 spiro atoms. The maximum atomic E-state index is 12.2. The number of amides is 1. The van der Waals surface area contributed by atoms with E-state index in [-0.39, 0.29) is 11.9 Å². The molecule has 1 amide bonds. The van der Waals surface area contributed by atoms with Crippen molar-refractivity contribution in [3.63, 3.8) is 0 Å². The molecular formula is C14H18N2O2. The fourth-order valence-corrected chi connectivity index (χ4v) is 2.99. The van der Waals surface area contributed by atoms with Crippen molar-refractivity contribution in [2.75, 3.05) is 20.2 Å². The van der Waals surface area contributed by atoms with Crippen molar-refractivity contribution in [3.05, 3.63) is 28.8 Å². The normalized spacial score (nSPS) is 25.3. The Labute approximate surface area is 107 Å². The van der Waals surface area contributed by atoms with E-state index in [1.54, 1.807) is 7.11 Å². The van der Waals surface area contributed by atoms with Crippen LogP contribution < -0.4 is 15.4 Å². The molecule has 1 saturated heterocycles. The Hall–Kier alpha value is -1.55. The first-order valence-electron chi connectivity index (χ1n) is 6.47. The maximum Gasteiger partial charge on any atom is 0.255 e. The van der Waals surface area contributed by atoms with Gasteiger partial charge in [0.25, 0.3) is 5.91 Å². The minimum Gasteiger partial charge on any atom is -0.496 e. The lowest BCUT2D eigenvalue weighted by atomic mass is 9.84. The molecule has 2 atom stereocenters. The van der Waals surface area contributed by atoms with Crippen LogP contribution in [0.1, 0.15) is 34.3 Å². The second kappa shape index (κ2) is 4.28. The number of methoxy groups -OCH3 is 1. The highest BCUT2D eigenvalue weighted by Crippen LogP contribution is 2.36. The summed E-state index contributed by atoms with van der Waals surface area (Å²) in [5, 5.41) is 6.41. The molecule has 3 rings (SSSR count). The molecule has 1 aromatic carbocycles. The highest BCUT2D eigenvalue weighted by Gasteiger charge is 2.38. The van der Waals surface area contributed by atoms with E-state index in [9.17, 15) is 4.79 Å². The van der Waals surface area contributed by atoms with Crippen LogP contribution in [0.2, 0.25) is 0 Å². The first kappa shape index (κ1) is 11.5. The predicted octanol–water partition coefficient (Wildman–Crippen LogP) is 1.06. The van der Waals surface area contributed by atoms with Gasteiger partial charge in [-0.2, -0.15) is 0 Å². The molecule has 4 heteroatoms. The van der Waals surface area contributed by atoms with Gasteiger partial charge in [0.2, 0.25) is 0 Å². The van der Waals surface area contributed by atoms with E-state index in [0.717, 1.165) is 30.6 Å². The van der Waals surface area contributed by atoms with Gasteiger partial charge in [-0.3, -0.25) is 4.79 Å². The number of benzene rings is 1. The molecule has 2 aliphatic heterocycles. The number of fused-ring (bicyclic) bond motifs is 3. The van der Waals surface area contributed by atoms with Crippen molar-refractivity contribution in [2.45, 2.75) is 25.3 Å². The number of carbonyl (C=O) groups is 1. The first-order chi connectivity index (χ1) is 8.74. The van der Waals surface area contributed by atoms with E-state index < -0.39 is 0 Å². The molecule has 1 fully saturated rings. The Morgan fingerprint density at radius 1 is 1.39 bits per heavy atom. The third kappa shape index (κ3) is 1.60. The Kier molecular flexibility index (Phi) is 2.74. The van der Waals surface area contributed by atoms with Crippen LogP contribution in [0, 0.1) is 0 Å². The van der Waals surface area contributed by atoms with Crippen molar-refractivity contribution in [1.29, 1.82) is 0 Å². The molecule has 18 heavy (non-hydrogen) atoms. The largest absolute Gasteiger partial charge is 0.496 e. The third-order valence-electron chi connectivity index (χ3n) is 3.98. The van der Waals surface area contributed by atoms with Crippen LogP contribution in [-0.2, 0) is 6.42 Å². The maximum absolute atomic E-state index is 12.2. The predicted molar refractivity (Wildman–Crippen MR) is 69.2 cm³/mol. The van der Waals surface area contributed by atoms with E-state index in [1.165, 1.54) is 5.56 Å². The summed E-state index contributed by atoms with van der Waals surface area (Å²) in [6.07, 6.45) is 0.954. The van der Waals surface area contributed by atoms with Crippen molar-refractivity contribution < 1.29 is 9.53 Å². The molecular weight excluding hydrogens is 228 g/mol. The fraction of sp³-hybridized carbons (Fsp3) is 0.500. The summed E-state index contributed by atoms with van der Waals surface area (Å²) in [6.45, 7) is 3.90. The molecule has 2 aliphatic rings. The third-order valence-corrected chi connectivity index (χ3v) is 3.98. The topological polar surface area (TPSA) is 50.4 Å². The molecule has 96 valence electrons. The van der Waals surface area contributed by atoms with Crippen LogP contribution in [0.25, 0.3) is 0 Å². The zero-order valence-electron chi connectivity index (χ0n) is 10.7. The van der Waals surface area contributed by atoms with Crippen LogP contribution in [0.3, 0.4) is 0 Å². The van der Waals surface area contributed by atoms with Gasteiger partial charge < -0.3 is 15.4 Å². The first-order valence-corrected chi connectivity index (χ1v) is 6.47. The molecule has 2 N–H and O–H groups in total. The standard InChI is InChI=1S/C14H18N2O2/c1-3-8-4-9-10-6-15-7-11(10)16-14(17)13(9)12(5-8)18-2/h4-5,10-11,15H,3,6-7H2,1-2H3,(H,16,17)/t10-,11+/m1/s1. The van der Waals surface area contributed by atoms with Gasteiger partial charge in [0.05, 0.1) is 12.7 Å². The zero-order chi connectivity index (χ0) is 12.7. The van der Waals surface area contributed by atoms with Gasteiger partial charge in [-0.1, -0.05) is 13.0 Å². The lowest BCUT2D eigenvalue weighted by molar-refractivity contribution is 0.0920. The summed E-state index contributed by atoms with van der Waals surface area (Å²) in [7, 11) is 1.63. The van der Waals surface area contributed by atoms with Crippen molar-refractivity contribution >= 4 is 5.91 Å². The lowest BCUT2D eigenvalue weighted by Crippen LogP contribution is -2.44. The molecule has 0 saturated carbocycles. The summed E-state index contributed by atoms with van der Waals surface area (Å²) >= 11 is 0. The number of carbonyl (C=O) groups excluding carboxylic acids is 1. The minimum absolute atomic E-state index is 0.00514. The molecule has 2 heterocycles. The number of aryl methyl sites for hydroxylation is 1. The lowest BCUT2D eigenvalue weighted by Gasteiger charge is -2.29. The molecule has 1 aromatic rings. The van der Waals surface area contributed by atoms with Gasteiger partial charge in [0.15, 0.2) is 0 Å². The number of hydrogen-bond donors (Lipinski definition) is 2. The second-order valence-corrected chi connectivity index (χ2v) is 4.96. The van der Waals surface area contributed by atoms with Gasteiger partial charge >= 0.3 is 0 Å². The average molecular weight is 246 g/mol. The van der Waals surface area contributed by atoms with E-state index in [1.807, 2.05) is 6.07 Å². The zero-order valence-corrected chi connectivity index (χ0v) is 10.7. The van der Waals surface area contributed by atoms with Gasteiger partial charge in [-0.15, -0.1) is 0 Å². The molecule has 0 aromatic heterocycles. The Bertz CT molecular complexity index is 499. The SMILES string of the molecule is CCc1cc(OC)c2c(c1)[C@H]1CNC[C@@H]1NC2=O. The molecule has 0 radical (unpaired) electrons. The van der Waals surface area contributed by atoms with E-state index in [2.05, 4.69) is 23.6 Å². The Morgan fingerprint density at radius 3 is 2.94 bits per heavy atom. The van der Waals surface area contributed by atoms with E-state index in [4.69, 9.17) is 4.74 Å². The number of hydrogen-bond acceptors (Lipinski definition) is 3. The molecule has 0 unspecified atom stereocenters. The van der Waals surface area contributed by atoms with Crippen molar-refractivity contribution in [3.8, 4) is 5.75 Å².